The SMILES string of the molecule is Cc1ccc(Oc2ccnc(N(Cc3cccc(OC(F)(F)C(F)F)c3)C[C@@H](O)C(F)(F)F)n2)cc1C. The van der Waals surface area contributed by atoms with E-state index < -0.39 is 43.7 Å². The number of benzene rings is 2. The molecule has 37 heavy (non-hydrogen) atoms. The quantitative estimate of drug-likeness (QED) is 0.320. The first-order valence-corrected chi connectivity index (χ1v) is 10.8. The minimum absolute atomic E-state index is 0.00610. The number of anilines is 1. The average molecular weight is 533 g/mol. The van der Waals surface area contributed by atoms with Crippen molar-refractivity contribution in [1.82, 2.24) is 9.97 Å². The van der Waals surface area contributed by atoms with Crippen molar-refractivity contribution in [3.63, 3.8) is 0 Å². The number of halogens is 7. The molecule has 0 bridgehead atoms. The predicted octanol–water partition coefficient (Wildman–Crippen LogP) is 6.05. The third-order valence-corrected chi connectivity index (χ3v) is 5.15. The van der Waals surface area contributed by atoms with E-state index in [1.54, 1.807) is 12.1 Å². The summed E-state index contributed by atoms with van der Waals surface area (Å²) in [5.74, 6) is -0.492. The number of aryl methyl sites for hydroxylation is 2. The third-order valence-electron chi connectivity index (χ3n) is 5.15. The van der Waals surface area contributed by atoms with Crippen molar-refractivity contribution in [2.24, 2.45) is 0 Å². The van der Waals surface area contributed by atoms with Gasteiger partial charge in [0.25, 0.3) is 0 Å². The van der Waals surface area contributed by atoms with E-state index in [0.29, 0.717) is 5.75 Å². The number of hydrogen-bond acceptors (Lipinski definition) is 6. The van der Waals surface area contributed by atoms with Crippen molar-refractivity contribution in [3.8, 4) is 17.4 Å². The molecule has 0 aliphatic rings. The Balaban J connectivity index is 1.89. The fourth-order valence-electron chi connectivity index (χ4n) is 3.10. The fourth-order valence-corrected chi connectivity index (χ4v) is 3.10. The van der Waals surface area contributed by atoms with Crippen LogP contribution in [0.3, 0.4) is 0 Å². The van der Waals surface area contributed by atoms with E-state index in [9.17, 15) is 35.8 Å². The first-order valence-electron chi connectivity index (χ1n) is 10.8. The molecule has 6 nitrogen and oxygen atoms in total. The zero-order chi connectivity index (χ0) is 27.4. The highest BCUT2D eigenvalue weighted by atomic mass is 19.4. The molecule has 0 fully saturated rings. The Bertz CT molecular complexity index is 1210. The van der Waals surface area contributed by atoms with Gasteiger partial charge in [-0.25, -0.2) is 4.98 Å². The second-order valence-corrected chi connectivity index (χ2v) is 8.09. The molecule has 0 amide bonds. The highest BCUT2D eigenvalue weighted by molar-refractivity contribution is 5.39. The van der Waals surface area contributed by atoms with Crippen molar-refractivity contribution in [3.05, 3.63) is 71.4 Å². The Morgan fingerprint density at radius 1 is 0.946 bits per heavy atom. The smallest absolute Gasteiger partial charge is 0.439 e. The fraction of sp³-hybridized carbons (Fsp3) is 0.333. The highest BCUT2D eigenvalue weighted by Gasteiger charge is 2.44. The van der Waals surface area contributed by atoms with Crippen LogP contribution in [-0.4, -0.2) is 46.4 Å². The number of aromatic nitrogens is 2. The normalized spacial score (nSPS) is 12.9. The van der Waals surface area contributed by atoms with Gasteiger partial charge in [-0.2, -0.15) is 35.7 Å². The monoisotopic (exact) mass is 533 g/mol. The van der Waals surface area contributed by atoms with Gasteiger partial charge in [0.2, 0.25) is 11.8 Å². The van der Waals surface area contributed by atoms with Gasteiger partial charge < -0.3 is 19.5 Å². The summed E-state index contributed by atoms with van der Waals surface area (Å²) in [6, 6.07) is 11.1. The number of aliphatic hydroxyl groups is 1. The van der Waals surface area contributed by atoms with Gasteiger partial charge in [0.05, 0.1) is 6.54 Å². The number of alkyl halides is 7. The van der Waals surface area contributed by atoms with E-state index in [0.717, 1.165) is 28.2 Å². The molecule has 3 rings (SSSR count). The van der Waals surface area contributed by atoms with E-state index in [4.69, 9.17) is 4.74 Å². The van der Waals surface area contributed by atoms with Gasteiger partial charge in [-0.15, -0.1) is 0 Å². The summed E-state index contributed by atoms with van der Waals surface area (Å²) in [7, 11) is 0. The molecule has 0 aliphatic heterocycles. The summed E-state index contributed by atoms with van der Waals surface area (Å²) < 4.78 is 101. The zero-order valence-corrected chi connectivity index (χ0v) is 19.5. The molecule has 1 atom stereocenters. The predicted molar refractivity (Wildman–Crippen MR) is 119 cm³/mol. The molecule has 2 aromatic carbocycles. The minimum Gasteiger partial charge on any atom is -0.439 e. The standard InChI is InChI=1S/C24H22F7N3O3/c1-14-6-7-17(10-15(14)2)36-20-8-9-32-22(33-20)34(13-19(35)23(27,28)29)12-16-4-3-5-18(11-16)37-24(30,31)21(25)26/h3-11,19,21,35H,12-13H2,1-2H3/t19-/m1/s1. The largest absolute Gasteiger partial charge is 0.461 e. The molecule has 0 saturated heterocycles. The van der Waals surface area contributed by atoms with Gasteiger partial charge in [0.1, 0.15) is 11.5 Å². The van der Waals surface area contributed by atoms with Gasteiger partial charge in [0.15, 0.2) is 6.10 Å². The second kappa shape index (κ2) is 11.2. The van der Waals surface area contributed by atoms with Gasteiger partial charge in [-0.1, -0.05) is 18.2 Å². The van der Waals surface area contributed by atoms with E-state index in [-0.39, 0.29) is 17.4 Å². The summed E-state index contributed by atoms with van der Waals surface area (Å²) in [6.07, 6.45) is -15.4. The summed E-state index contributed by atoms with van der Waals surface area (Å²) in [6.45, 7) is 2.33. The van der Waals surface area contributed by atoms with Crippen LogP contribution in [-0.2, 0) is 6.54 Å². The summed E-state index contributed by atoms with van der Waals surface area (Å²) in [5, 5.41) is 9.66. The molecule has 3 aromatic rings. The molecule has 1 aromatic heterocycles. The van der Waals surface area contributed by atoms with Gasteiger partial charge in [-0.3, -0.25) is 0 Å². The summed E-state index contributed by atoms with van der Waals surface area (Å²) >= 11 is 0. The summed E-state index contributed by atoms with van der Waals surface area (Å²) in [4.78, 5) is 9.02. The van der Waals surface area contributed by atoms with Crippen molar-refractivity contribution in [2.75, 3.05) is 11.4 Å². The van der Waals surface area contributed by atoms with Crippen LogP contribution in [0.2, 0.25) is 0 Å². The molecule has 1 N–H and O–H groups in total. The average Bonchev–Trinajstić information content (AvgIpc) is 2.80. The minimum atomic E-state index is -4.98. The number of ether oxygens (including phenoxy) is 2. The van der Waals surface area contributed by atoms with Gasteiger partial charge in [0, 0.05) is 18.8 Å². The molecule has 0 aliphatic carbocycles. The number of rotatable bonds is 10. The first-order chi connectivity index (χ1) is 17.2. The van der Waals surface area contributed by atoms with Crippen LogP contribution in [0.15, 0.2) is 54.7 Å². The van der Waals surface area contributed by atoms with Crippen LogP contribution in [0.5, 0.6) is 17.4 Å². The van der Waals surface area contributed by atoms with Crippen LogP contribution in [0.1, 0.15) is 16.7 Å². The van der Waals surface area contributed by atoms with Crippen LogP contribution < -0.4 is 14.4 Å². The zero-order valence-electron chi connectivity index (χ0n) is 19.5. The van der Waals surface area contributed by atoms with Crippen molar-refractivity contribution in [2.45, 2.75) is 45.2 Å². The van der Waals surface area contributed by atoms with E-state index in [1.807, 2.05) is 19.9 Å². The number of hydrogen-bond donors (Lipinski definition) is 1. The second-order valence-electron chi connectivity index (χ2n) is 8.09. The molecular weight excluding hydrogens is 511 g/mol. The van der Waals surface area contributed by atoms with Crippen LogP contribution in [0.4, 0.5) is 36.7 Å². The highest BCUT2D eigenvalue weighted by Crippen LogP contribution is 2.30. The lowest BCUT2D eigenvalue weighted by Crippen LogP contribution is -2.41. The maximum Gasteiger partial charge on any atom is 0.461 e. The van der Waals surface area contributed by atoms with Crippen molar-refractivity contribution < 1.29 is 45.3 Å². The van der Waals surface area contributed by atoms with Crippen LogP contribution >= 0.6 is 0 Å². The van der Waals surface area contributed by atoms with Crippen molar-refractivity contribution >= 4 is 5.95 Å². The lowest BCUT2D eigenvalue weighted by atomic mass is 10.1. The Morgan fingerprint density at radius 2 is 1.68 bits per heavy atom. The Labute approximate surface area is 207 Å². The number of aliphatic hydroxyl groups excluding tert-OH is 1. The van der Waals surface area contributed by atoms with Gasteiger partial charge >= 0.3 is 18.7 Å². The summed E-state index contributed by atoms with van der Waals surface area (Å²) in [5.41, 5.74) is 2.04. The molecule has 1 heterocycles. The van der Waals surface area contributed by atoms with E-state index >= 15 is 0 Å². The lowest BCUT2D eigenvalue weighted by molar-refractivity contribution is -0.253. The Kier molecular flexibility index (Phi) is 8.46. The van der Waals surface area contributed by atoms with E-state index in [2.05, 4.69) is 14.7 Å². The molecule has 0 spiro atoms. The molecule has 0 saturated carbocycles. The number of nitrogens with zero attached hydrogens (tertiary/aromatic N) is 3. The van der Waals surface area contributed by atoms with Crippen LogP contribution in [0, 0.1) is 13.8 Å². The van der Waals surface area contributed by atoms with Gasteiger partial charge in [-0.05, 0) is 54.8 Å². The topological polar surface area (TPSA) is 67.7 Å². The maximum atomic E-state index is 13.3. The maximum absolute atomic E-state index is 13.3. The third kappa shape index (κ3) is 7.68. The Morgan fingerprint density at radius 3 is 2.32 bits per heavy atom. The van der Waals surface area contributed by atoms with Crippen LogP contribution in [0.25, 0.3) is 0 Å². The lowest BCUT2D eigenvalue weighted by Gasteiger charge is -2.27. The Hall–Kier alpha value is -3.61. The molecule has 200 valence electrons. The van der Waals surface area contributed by atoms with Crippen molar-refractivity contribution in [1.29, 1.82) is 0 Å². The first kappa shape index (κ1) is 28.0. The molecule has 0 radical (unpaired) electrons. The molecule has 0 unspecified atom stereocenters. The molecule has 13 heteroatoms. The van der Waals surface area contributed by atoms with E-state index in [1.165, 1.54) is 24.4 Å². The molecular formula is C24H22F7N3O3.